The second kappa shape index (κ2) is 3.19. The Balaban J connectivity index is 2.34. The molecule has 16 heavy (non-hydrogen) atoms. The molecule has 2 aromatic rings. The van der Waals surface area contributed by atoms with Gasteiger partial charge < -0.3 is 5.73 Å². The zero-order chi connectivity index (χ0) is 11.1. The molecule has 0 atom stereocenters. The van der Waals surface area contributed by atoms with Gasteiger partial charge in [-0.05, 0) is 12.5 Å². The van der Waals surface area contributed by atoms with Gasteiger partial charge in [0.25, 0.3) is 0 Å². The van der Waals surface area contributed by atoms with Gasteiger partial charge >= 0.3 is 0 Å². The fourth-order valence-corrected chi connectivity index (χ4v) is 1.99. The molecule has 3 heterocycles. The van der Waals surface area contributed by atoms with E-state index in [1.165, 1.54) is 6.33 Å². The van der Waals surface area contributed by atoms with Gasteiger partial charge in [-0.15, -0.1) is 0 Å². The molecule has 0 saturated carbocycles. The standard InChI is InChI=1S/C10H12N6/c1-2-3-6-4-7-8-10(15-14-9(7)11)12-5-13-16(6)8/h4-5H,2-3H2,1H3,(H2,11,14)(H,12,13,15). The molecule has 82 valence electrons. The van der Waals surface area contributed by atoms with Crippen molar-refractivity contribution in [3.63, 3.8) is 0 Å². The van der Waals surface area contributed by atoms with Gasteiger partial charge in [-0.3, -0.25) is 5.43 Å². The summed E-state index contributed by atoms with van der Waals surface area (Å²) in [5.41, 5.74) is 11.6. The second-order valence-electron chi connectivity index (χ2n) is 3.78. The van der Waals surface area contributed by atoms with Gasteiger partial charge in [-0.2, -0.15) is 10.2 Å². The molecule has 0 bridgehead atoms. The maximum Gasteiger partial charge on any atom is 0.174 e. The summed E-state index contributed by atoms with van der Waals surface area (Å²) in [5, 5.41) is 8.26. The molecular formula is C10H12N6. The maximum atomic E-state index is 5.83. The second-order valence-corrected chi connectivity index (χ2v) is 3.78. The number of rotatable bonds is 2. The van der Waals surface area contributed by atoms with Crippen LogP contribution in [0.1, 0.15) is 24.6 Å². The molecule has 0 unspecified atom stereocenters. The average Bonchev–Trinajstić information content (AvgIpc) is 2.66. The highest BCUT2D eigenvalue weighted by Crippen LogP contribution is 2.25. The summed E-state index contributed by atoms with van der Waals surface area (Å²) in [6, 6.07) is 2.04. The van der Waals surface area contributed by atoms with Gasteiger partial charge in [0.1, 0.15) is 11.8 Å². The van der Waals surface area contributed by atoms with E-state index in [1.54, 1.807) is 0 Å². The van der Waals surface area contributed by atoms with E-state index in [0.29, 0.717) is 11.7 Å². The zero-order valence-corrected chi connectivity index (χ0v) is 8.94. The van der Waals surface area contributed by atoms with Gasteiger partial charge in [0.2, 0.25) is 0 Å². The number of nitrogens with two attached hydrogens (primary N) is 1. The van der Waals surface area contributed by atoms with E-state index in [4.69, 9.17) is 5.73 Å². The van der Waals surface area contributed by atoms with Crippen LogP contribution in [0.2, 0.25) is 0 Å². The molecule has 0 aliphatic carbocycles. The van der Waals surface area contributed by atoms with Crippen molar-refractivity contribution in [1.29, 1.82) is 0 Å². The first-order chi connectivity index (χ1) is 7.81. The average molecular weight is 216 g/mol. The highest BCUT2D eigenvalue weighted by atomic mass is 15.4. The predicted octanol–water partition coefficient (Wildman–Crippen LogP) is 0.728. The monoisotopic (exact) mass is 216 g/mol. The maximum absolute atomic E-state index is 5.83. The molecule has 3 rings (SSSR count). The minimum atomic E-state index is 0.488. The number of amidine groups is 1. The topological polar surface area (TPSA) is 80.6 Å². The van der Waals surface area contributed by atoms with Crippen molar-refractivity contribution in [1.82, 2.24) is 14.6 Å². The van der Waals surface area contributed by atoms with Crippen molar-refractivity contribution >= 4 is 17.2 Å². The van der Waals surface area contributed by atoms with Gasteiger partial charge in [0.05, 0.1) is 0 Å². The van der Waals surface area contributed by atoms with E-state index in [0.717, 1.165) is 29.6 Å². The van der Waals surface area contributed by atoms with Crippen molar-refractivity contribution in [2.75, 3.05) is 5.43 Å². The summed E-state index contributed by atoms with van der Waals surface area (Å²) in [6.07, 6.45) is 3.55. The molecule has 3 N–H and O–H groups in total. The summed E-state index contributed by atoms with van der Waals surface area (Å²) in [7, 11) is 0. The van der Waals surface area contributed by atoms with Crippen LogP contribution in [0.15, 0.2) is 17.5 Å². The normalized spacial score (nSPS) is 13.7. The molecular weight excluding hydrogens is 204 g/mol. The Labute approximate surface area is 92.2 Å². The number of anilines is 1. The summed E-state index contributed by atoms with van der Waals surface area (Å²) >= 11 is 0. The van der Waals surface area contributed by atoms with Crippen LogP contribution in [0, 0.1) is 0 Å². The lowest BCUT2D eigenvalue weighted by atomic mass is 10.2. The Morgan fingerprint density at radius 1 is 1.50 bits per heavy atom. The Morgan fingerprint density at radius 2 is 2.38 bits per heavy atom. The molecule has 0 spiro atoms. The number of aryl methyl sites for hydroxylation is 1. The number of nitrogens with zero attached hydrogens (tertiary/aromatic N) is 4. The Morgan fingerprint density at radius 3 is 3.19 bits per heavy atom. The lowest BCUT2D eigenvalue weighted by Crippen LogP contribution is -2.19. The zero-order valence-electron chi connectivity index (χ0n) is 8.94. The van der Waals surface area contributed by atoms with Crippen molar-refractivity contribution in [3.05, 3.63) is 23.7 Å². The van der Waals surface area contributed by atoms with Gasteiger partial charge in [0.15, 0.2) is 11.7 Å². The lowest BCUT2D eigenvalue weighted by Gasteiger charge is -2.10. The largest absolute Gasteiger partial charge is 0.382 e. The predicted molar refractivity (Wildman–Crippen MR) is 61.3 cm³/mol. The molecule has 6 heteroatoms. The lowest BCUT2D eigenvalue weighted by molar-refractivity contribution is 0.794. The third kappa shape index (κ3) is 1.09. The number of hydrazone groups is 1. The van der Waals surface area contributed by atoms with Crippen LogP contribution in [0.3, 0.4) is 0 Å². The fraction of sp³-hybridized carbons (Fsp3) is 0.300. The van der Waals surface area contributed by atoms with Crippen LogP contribution in [0.4, 0.5) is 5.82 Å². The van der Waals surface area contributed by atoms with Crippen LogP contribution in [-0.4, -0.2) is 20.4 Å². The van der Waals surface area contributed by atoms with E-state index >= 15 is 0 Å². The van der Waals surface area contributed by atoms with Gasteiger partial charge in [-0.1, -0.05) is 13.3 Å². The van der Waals surface area contributed by atoms with E-state index in [1.807, 2.05) is 10.6 Å². The van der Waals surface area contributed by atoms with Gasteiger partial charge in [0, 0.05) is 11.3 Å². The molecule has 2 aromatic heterocycles. The van der Waals surface area contributed by atoms with Crippen molar-refractivity contribution in [3.8, 4) is 0 Å². The Hall–Kier alpha value is -2.11. The quantitative estimate of drug-likeness (QED) is 0.775. The third-order valence-electron chi connectivity index (χ3n) is 2.69. The molecule has 0 radical (unpaired) electrons. The summed E-state index contributed by atoms with van der Waals surface area (Å²) < 4.78 is 1.88. The first-order valence-electron chi connectivity index (χ1n) is 5.26. The number of hydrogen-bond donors (Lipinski definition) is 2. The Bertz CT molecular complexity index is 582. The van der Waals surface area contributed by atoms with E-state index < -0.39 is 0 Å². The number of nitrogens with one attached hydrogen (secondary N) is 1. The first-order valence-corrected chi connectivity index (χ1v) is 5.26. The molecule has 0 amide bonds. The molecule has 6 nitrogen and oxygen atoms in total. The molecule has 1 aliphatic rings. The summed E-state index contributed by atoms with van der Waals surface area (Å²) in [5.74, 6) is 1.20. The summed E-state index contributed by atoms with van der Waals surface area (Å²) in [4.78, 5) is 4.14. The highest BCUT2D eigenvalue weighted by molar-refractivity contribution is 6.08. The van der Waals surface area contributed by atoms with Crippen LogP contribution < -0.4 is 11.2 Å². The molecule has 0 saturated heterocycles. The highest BCUT2D eigenvalue weighted by Gasteiger charge is 2.19. The summed E-state index contributed by atoms with van der Waals surface area (Å²) in [6.45, 7) is 2.14. The SMILES string of the molecule is CCCc1cc2c3c(ncnn13)NN=C2N. The fourth-order valence-electron chi connectivity index (χ4n) is 1.99. The van der Waals surface area contributed by atoms with Crippen LogP contribution in [-0.2, 0) is 6.42 Å². The number of hydrogen-bond acceptors (Lipinski definition) is 5. The molecule has 0 aromatic carbocycles. The van der Waals surface area contributed by atoms with E-state index in [2.05, 4.69) is 27.5 Å². The first kappa shape index (κ1) is 9.14. The van der Waals surface area contributed by atoms with Crippen molar-refractivity contribution in [2.45, 2.75) is 19.8 Å². The minimum absolute atomic E-state index is 0.488. The van der Waals surface area contributed by atoms with Crippen LogP contribution in [0.5, 0.6) is 0 Å². The minimum Gasteiger partial charge on any atom is -0.382 e. The van der Waals surface area contributed by atoms with Crippen LogP contribution in [0.25, 0.3) is 5.52 Å². The van der Waals surface area contributed by atoms with Crippen molar-refractivity contribution < 1.29 is 0 Å². The third-order valence-corrected chi connectivity index (χ3v) is 2.69. The molecule has 0 fully saturated rings. The van der Waals surface area contributed by atoms with Gasteiger partial charge in [-0.25, -0.2) is 9.50 Å². The van der Waals surface area contributed by atoms with E-state index in [9.17, 15) is 0 Å². The number of aromatic nitrogens is 3. The Kier molecular flexibility index (Phi) is 1.82. The van der Waals surface area contributed by atoms with E-state index in [-0.39, 0.29) is 0 Å². The molecule has 1 aliphatic heterocycles. The smallest absolute Gasteiger partial charge is 0.174 e. The van der Waals surface area contributed by atoms with Crippen LogP contribution >= 0.6 is 0 Å². The van der Waals surface area contributed by atoms with Crippen molar-refractivity contribution in [2.24, 2.45) is 10.8 Å².